The summed E-state index contributed by atoms with van der Waals surface area (Å²) < 4.78 is 0. The molecule has 2 unspecified atom stereocenters. The second-order valence-corrected chi connectivity index (χ2v) is 7.18. The van der Waals surface area contributed by atoms with Crippen molar-refractivity contribution in [1.29, 1.82) is 0 Å². The molecular formula is C15H27N3O2. The van der Waals surface area contributed by atoms with E-state index in [4.69, 9.17) is 0 Å². The molecule has 114 valence electrons. The van der Waals surface area contributed by atoms with Crippen LogP contribution in [0.3, 0.4) is 0 Å². The van der Waals surface area contributed by atoms with Gasteiger partial charge in [0, 0.05) is 13.1 Å². The molecule has 0 saturated carbocycles. The summed E-state index contributed by atoms with van der Waals surface area (Å²) in [5.41, 5.74) is -0.785. The molecule has 2 atom stereocenters. The molecule has 5 heteroatoms. The van der Waals surface area contributed by atoms with Gasteiger partial charge in [0.15, 0.2) is 0 Å². The van der Waals surface area contributed by atoms with Crippen LogP contribution in [0.2, 0.25) is 0 Å². The quantitative estimate of drug-likeness (QED) is 0.828. The molecule has 1 N–H and O–H groups in total. The molecule has 0 aromatic rings. The first-order chi connectivity index (χ1) is 9.22. The molecule has 2 heterocycles. The van der Waals surface area contributed by atoms with Crippen LogP contribution in [0.1, 0.15) is 34.1 Å². The Morgan fingerprint density at radius 2 is 2.00 bits per heavy atom. The number of carbonyl (C=O) groups excluding carboxylic acids is 2. The Hall–Kier alpha value is -1.10. The van der Waals surface area contributed by atoms with E-state index in [2.05, 4.69) is 17.3 Å². The van der Waals surface area contributed by atoms with E-state index in [1.165, 1.54) is 0 Å². The number of rotatable bonds is 3. The van der Waals surface area contributed by atoms with Gasteiger partial charge in [-0.05, 0) is 45.7 Å². The van der Waals surface area contributed by atoms with Crippen molar-refractivity contribution >= 4 is 11.8 Å². The van der Waals surface area contributed by atoms with E-state index >= 15 is 0 Å². The van der Waals surface area contributed by atoms with E-state index in [9.17, 15) is 9.59 Å². The number of piperazine rings is 1. The molecule has 0 aromatic heterocycles. The zero-order valence-corrected chi connectivity index (χ0v) is 13.3. The number of amides is 2. The molecule has 0 aliphatic carbocycles. The first-order valence-corrected chi connectivity index (χ1v) is 7.54. The van der Waals surface area contributed by atoms with E-state index < -0.39 is 5.54 Å². The maximum absolute atomic E-state index is 12.7. The summed E-state index contributed by atoms with van der Waals surface area (Å²) in [6, 6.07) is -0.332. The van der Waals surface area contributed by atoms with Crippen molar-refractivity contribution in [3.05, 3.63) is 0 Å². The van der Waals surface area contributed by atoms with Gasteiger partial charge >= 0.3 is 0 Å². The maximum Gasteiger partial charge on any atom is 0.248 e. The Morgan fingerprint density at radius 3 is 2.50 bits per heavy atom. The van der Waals surface area contributed by atoms with Gasteiger partial charge in [-0.15, -0.1) is 0 Å². The highest BCUT2D eigenvalue weighted by Crippen LogP contribution is 2.26. The third-order valence-corrected chi connectivity index (χ3v) is 4.41. The highest BCUT2D eigenvalue weighted by atomic mass is 16.2. The van der Waals surface area contributed by atoms with Crippen LogP contribution in [-0.2, 0) is 9.59 Å². The fourth-order valence-corrected chi connectivity index (χ4v) is 3.37. The van der Waals surface area contributed by atoms with Crippen molar-refractivity contribution in [3.8, 4) is 0 Å². The van der Waals surface area contributed by atoms with Crippen LogP contribution >= 0.6 is 0 Å². The maximum atomic E-state index is 12.7. The van der Waals surface area contributed by atoms with Gasteiger partial charge in [-0.1, -0.05) is 13.8 Å². The van der Waals surface area contributed by atoms with E-state index in [0.717, 1.165) is 19.5 Å². The van der Waals surface area contributed by atoms with Crippen LogP contribution in [0.4, 0.5) is 0 Å². The Bertz CT molecular complexity index is 406. The van der Waals surface area contributed by atoms with E-state index in [-0.39, 0.29) is 23.8 Å². The molecule has 0 bridgehead atoms. The van der Waals surface area contributed by atoms with Gasteiger partial charge in [-0.2, -0.15) is 0 Å². The fraction of sp³-hybridized carbons (Fsp3) is 0.867. The molecule has 2 aliphatic rings. The van der Waals surface area contributed by atoms with Crippen molar-refractivity contribution in [2.24, 2.45) is 11.8 Å². The number of hydrogen-bond donors (Lipinski definition) is 1. The minimum atomic E-state index is -0.785. The van der Waals surface area contributed by atoms with Crippen molar-refractivity contribution in [3.63, 3.8) is 0 Å². The molecule has 2 rings (SSSR count). The molecule has 2 amide bonds. The fourth-order valence-electron chi connectivity index (χ4n) is 3.37. The molecule has 2 fully saturated rings. The molecule has 2 saturated heterocycles. The number of carbonyl (C=O) groups is 2. The van der Waals surface area contributed by atoms with E-state index in [0.29, 0.717) is 12.5 Å². The van der Waals surface area contributed by atoms with Crippen LogP contribution in [-0.4, -0.2) is 59.9 Å². The highest BCUT2D eigenvalue weighted by Gasteiger charge is 2.46. The lowest BCUT2D eigenvalue weighted by Crippen LogP contribution is -2.69. The van der Waals surface area contributed by atoms with Crippen molar-refractivity contribution in [2.45, 2.75) is 45.7 Å². The minimum Gasteiger partial charge on any atom is -0.340 e. The smallest absolute Gasteiger partial charge is 0.248 e. The number of nitrogens with one attached hydrogen (secondary N) is 1. The average molecular weight is 281 g/mol. The second kappa shape index (κ2) is 5.35. The van der Waals surface area contributed by atoms with Crippen molar-refractivity contribution < 1.29 is 9.59 Å². The molecule has 2 aliphatic heterocycles. The summed E-state index contributed by atoms with van der Waals surface area (Å²) in [7, 11) is 2.11. The van der Waals surface area contributed by atoms with Gasteiger partial charge in [-0.3, -0.25) is 9.59 Å². The zero-order valence-electron chi connectivity index (χ0n) is 13.3. The Morgan fingerprint density at radius 1 is 1.35 bits per heavy atom. The van der Waals surface area contributed by atoms with Crippen molar-refractivity contribution in [1.82, 2.24) is 15.1 Å². The Balaban J connectivity index is 2.19. The Labute approximate surface area is 121 Å². The molecule has 0 aromatic carbocycles. The van der Waals surface area contributed by atoms with E-state index in [1.54, 1.807) is 13.8 Å². The zero-order chi connectivity index (χ0) is 15.1. The van der Waals surface area contributed by atoms with Crippen LogP contribution < -0.4 is 5.32 Å². The van der Waals surface area contributed by atoms with Crippen LogP contribution in [0.15, 0.2) is 0 Å². The highest BCUT2D eigenvalue weighted by molar-refractivity contribution is 5.99. The molecular weight excluding hydrogens is 254 g/mol. The van der Waals surface area contributed by atoms with Gasteiger partial charge in [0.25, 0.3) is 0 Å². The van der Waals surface area contributed by atoms with Gasteiger partial charge < -0.3 is 15.1 Å². The number of nitrogens with zero attached hydrogens (tertiary/aromatic N) is 2. The summed E-state index contributed by atoms with van der Waals surface area (Å²) in [6.07, 6.45) is 1.10. The molecule has 20 heavy (non-hydrogen) atoms. The summed E-state index contributed by atoms with van der Waals surface area (Å²) in [5.74, 6) is 0.641. The average Bonchev–Trinajstić information content (AvgIpc) is 2.70. The number of likely N-dealkylation sites (tertiary alicyclic amines) is 1. The summed E-state index contributed by atoms with van der Waals surface area (Å²) in [6.45, 7) is 10.4. The normalized spacial score (nSPS) is 31.0. The molecule has 0 radical (unpaired) electrons. The van der Waals surface area contributed by atoms with Crippen molar-refractivity contribution in [2.75, 3.05) is 26.7 Å². The van der Waals surface area contributed by atoms with Crippen LogP contribution in [0, 0.1) is 11.8 Å². The van der Waals surface area contributed by atoms with Crippen LogP contribution in [0.25, 0.3) is 0 Å². The predicted molar refractivity (Wildman–Crippen MR) is 78.2 cm³/mol. The largest absolute Gasteiger partial charge is 0.340 e. The van der Waals surface area contributed by atoms with Crippen LogP contribution in [0.5, 0.6) is 0 Å². The van der Waals surface area contributed by atoms with Gasteiger partial charge in [0.1, 0.15) is 11.6 Å². The van der Waals surface area contributed by atoms with Gasteiger partial charge in [-0.25, -0.2) is 0 Å². The lowest BCUT2D eigenvalue weighted by Gasteiger charge is -2.45. The summed E-state index contributed by atoms with van der Waals surface area (Å²) in [4.78, 5) is 29.1. The number of hydrogen-bond acceptors (Lipinski definition) is 3. The summed E-state index contributed by atoms with van der Waals surface area (Å²) in [5, 5.41) is 2.86. The molecule has 0 spiro atoms. The third-order valence-electron chi connectivity index (χ3n) is 4.41. The summed E-state index contributed by atoms with van der Waals surface area (Å²) >= 11 is 0. The SMILES string of the molecule is CC(C)C1C(=O)NC(C)(C)C(=O)N1CC1CCN(C)C1. The monoisotopic (exact) mass is 281 g/mol. The first kappa shape index (κ1) is 15.3. The van der Waals surface area contributed by atoms with Gasteiger partial charge in [0.2, 0.25) is 11.8 Å². The Kier molecular flexibility index (Phi) is 4.09. The lowest BCUT2D eigenvalue weighted by atomic mass is 9.90. The lowest BCUT2D eigenvalue weighted by molar-refractivity contribution is -0.156. The standard InChI is InChI=1S/C15H27N3O2/c1-10(2)12-13(19)16-15(3,4)14(20)18(12)9-11-6-7-17(5)8-11/h10-12H,6-9H2,1-5H3,(H,16,19). The first-order valence-electron chi connectivity index (χ1n) is 7.54. The topological polar surface area (TPSA) is 52.7 Å². The predicted octanol–water partition coefficient (Wildman–Crippen LogP) is 0.700. The third kappa shape index (κ3) is 2.82. The van der Waals surface area contributed by atoms with E-state index in [1.807, 2.05) is 18.7 Å². The second-order valence-electron chi connectivity index (χ2n) is 7.18. The minimum absolute atomic E-state index is 0.0176. The van der Waals surface area contributed by atoms with Gasteiger partial charge in [0.05, 0.1) is 0 Å². The molecule has 5 nitrogen and oxygen atoms in total.